The maximum atomic E-state index is 13.7. The van der Waals surface area contributed by atoms with Gasteiger partial charge in [-0.15, -0.1) is 0 Å². The zero-order valence-corrected chi connectivity index (χ0v) is 11.9. The molecule has 0 bridgehead atoms. The summed E-state index contributed by atoms with van der Waals surface area (Å²) in [6, 6.07) is 5.52. The third kappa shape index (κ3) is 3.12. The van der Waals surface area contributed by atoms with Gasteiger partial charge in [-0.3, -0.25) is 16.2 Å². The predicted molar refractivity (Wildman–Crippen MR) is 75.1 cm³/mol. The molecule has 0 aliphatic carbocycles. The Bertz CT molecular complexity index is 437. The zero-order valence-electron chi connectivity index (χ0n) is 11.9. The van der Waals surface area contributed by atoms with Crippen LogP contribution in [0.25, 0.3) is 0 Å². The van der Waals surface area contributed by atoms with Crippen molar-refractivity contribution < 1.29 is 4.39 Å². The van der Waals surface area contributed by atoms with E-state index in [9.17, 15) is 4.39 Å². The molecule has 1 aliphatic rings. The van der Waals surface area contributed by atoms with Crippen LogP contribution in [0.4, 0.5) is 4.39 Å². The normalized spacial score (nSPS) is 23.5. The van der Waals surface area contributed by atoms with Crippen molar-refractivity contribution in [2.45, 2.75) is 19.0 Å². The first-order valence-electron chi connectivity index (χ1n) is 6.64. The maximum absolute atomic E-state index is 13.7. The van der Waals surface area contributed by atoms with E-state index in [1.165, 1.54) is 0 Å². The fraction of sp³-hybridized carbons (Fsp3) is 0.571. The molecule has 19 heavy (non-hydrogen) atoms. The second-order valence-electron chi connectivity index (χ2n) is 5.46. The third-order valence-corrected chi connectivity index (χ3v) is 4.02. The van der Waals surface area contributed by atoms with E-state index >= 15 is 0 Å². The molecule has 2 unspecified atom stereocenters. The summed E-state index contributed by atoms with van der Waals surface area (Å²) in [5, 5.41) is 0. The molecule has 0 aromatic heterocycles. The summed E-state index contributed by atoms with van der Waals surface area (Å²) in [5.74, 6) is 5.54. The van der Waals surface area contributed by atoms with Crippen molar-refractivity contribution in [2.24, 2.45) is 5.84 Å². The van der Waals surface area contributed by atoms with Gasteiger partial charge in [0.05, 0.1) is 6.04 Å². The van der Waals surface area contributed by atoms with Gasteiger partial charge in [-0.05, 0) is 38.2 Å². The van der Waals surface area contributed by atoms with Gasteiger partial charge in [-0.1, -0.05) is 12.1 Å². The minimum absolute atomic E-state index is 0.0668. The summed E-state index contributed by atoms with van der Waals surface area (Å²) < 4.78 is 13.7. The molecule has 1 aromatic rings. The molecule has 3 N–H and O–H groups in total. The van der Waals surface area contributed by atoms with Gasteiger partial charge in [0.25, 0.3) is 0 Å². The number of likely N-dealkylation sites (N-methyl/N-ethyl adjacent to an activating group) is 2. The standard InChI is InChI=1S/C14H23FN4/c1-10-4-5-11(8-12(10)15)14(17-16)13-9-18(2)6-7-19(13)3/h4-5,8,13-14,17H,6-7,9,16H2,1-3H3. The molecule has 1 fully saturated rings. The average molecular weight is 266 g/mol. The molecule has 2 atom stereocenters. The van der Waals surface area contributed by atoms with E-state index in [1.54, 1.807) is 13.0 Å². The Morgan fingerprint density at radius 1 is 1.37 bits per heavy atom. The van der Waals surface area contributed by atoms with Crippen LogP contribution < -0.4 is 11.3 Å². The van der Waals surface area contributed by atoms with Crippen molar-refractivity contribution in [3.05, 3.63) is 35.1 Å². The Morgan fingerprint density at radius 2 is 2.11 bits per heavy atom. The topological polar surface area (TPSA) is 44.5 Å². The number of nitrogens with two attached hydrogens (primary N) is 1. The number of nitrogens with zero attached hydrogens (tertiary/aromatic N) is 2. The number of rotatable bonds is 3. The Kier molecular flexibility index (Phi) is 4.52. The molecule has 1 saturated heterocycles. The van der Waals surface area contributed by atoms with Crippen LogP contribution in [0.15, 0.2) is 18.2 Å². The number of nitrogens with one attached hydrogen (secondary N) is 1. The summed E-state index contributed by atoms with van der Waals surface area (Å²) in [7, 11) is 4.19. The molecule has 1 aromatic carbocycles. The first-order chi connectivity index (χ1) is 9.02. The summed E-state index contributed by atoms with van der Waals surface area (Å²) >= 11 is 0. The van der Waals surface area contributed by atoms with Gasteiger partial charge >= 0.3 is 0 Å². The first kappa shape index (κ1) is 14.4. The zero-order chi connectivity index (χ0) is 14.0. The van der Waals surface area contributed by atoms with Crippen LogP contribution in [0.5, 0.6) is 0 Å². The van der Waals surface area contributed by atoms with Gasteiger partial charge in [-0.2, -0.15) is 0 Å². The highest BCUT2D eigenvalue weighted by molar-refractivity contribution is 5.27. The average Bonchev–Trinajstić information content (AvgIpc) is 2.38. The lowest BCUT2D eigenvalue weighted by atomic mass is 9.96. The number of halogens is 1. The molecule has 1 heterocycles. The first-order valence-corrected chi connectivity index (χ1v) is 6.64. The Morgan fingerprint density at radius 3 is 2.74 bits per heavy atom. The number of piperazine rings is 1. The number of hydrogen-bond donors (Lipinski definition) is 2. The molecule has 0 saturated carbocycles. The van der Waals surface area contributed by atoms with Gasteiger partial charge in [-0.25, -0.2) is 4.39 Å². The highest BCUT2D eigenvalue weighted by Gasteiger charge is 2.30. The van der Waals surface area contributed by atoms with Crippen molar-refractivity contribution in [1.29, 1.82) is 0 Å². The summed E-state index contributed by atoms with van der Waals surface area (Å²) in [4.78, 5) is 4.56. The highest BCUT2D eigenvalue weighted by atomic mass is 19.1. The monoisotopic (exact) mass is 266 g/mol. The summed E-state index contributed by atoms with van der Waals surface area (Å²) in [6.07, 6.45) is 0. The van der Waals surface area contributed by atoms with Gasteiger partial charge < -0.3 is 4.90 Å². The highest BCUT2D eigenvalue weighted by Crippen LogP contribution is 2.24. The fourth-order valence-corrected chi connectivity index (χ4v) is 2.64. The van der Waals surface area contributed by atoms with E-state index in [0.717, 1.165) is 25.2 Å². The van der Waals surface area contributed by atoms with E-state index < -0.39 is 0 Å². The lowest BCUT2D eigenvalue weighted by Crippen LogP contribution is -2.56. The van der Waals surface area contributed by atoms with Crippen LogP contribution in [0, 0.1) is 12.7 Å². The fourth-order valence-electron chi connectivity index (χ4n) is 2.64. The minimum atomic E-state index is -0.176. The maximum Gasteiger partial charge on any atom is 0.126 e. The number of hydrogen-bond acceptors (Lipinski definition) is 4. The van der Waals surface area contributed by atoms with Crippen molar-refractivity contribution >= 4 is 0 Å². The van der Waals surface area contributed by atoms with E-state index in [2.05, 4.69) is 29.3 Å². The van der Waals surface area contributed by atoms with Gasteiger partial charge in [0, 0.05) is 25.7 Å². The van der Waals surface area contributed by atoms with E-state index in [1.807, 2.05) is 12.1 Å². The van der Waals surface area contributed by atoms with E-state index in [4.69, 9.17) is 5.84 Å². The summed E-state index contributed by atoms with van der Waals surface area (Å²) in [5.41, 5.74) is 4.41. The minimum Gasteiger partial charge on any atom is -0.303 e. The SMILES string of the molecule is Cc1ccc(C(NN)C2CN(C)CCN2C)cc1F. The molecule has 5 heteroatoms. The molecule has 0 spiro atoms. The molecule has 1 aliphatic heterocycles. The Labute approximate surface area is 114 Å². The van der Waals surface area contributed by atoms with Gasteiger partial charge in [0.15, 0.2) is 0 Å². The summed E-state index contributed by atoms with van der Waals surface area (Å²) in [6.45, 7) is 4.73. The van der Waals surface area contributed by atoms with Crippen LogP contribution in [0.1, 0.15) is 17.2 Å². The number of hydrazine groups is 1. The molecule has 0 amide bonds. The van der Waals surface area contributed by atoms with Gasteiger partial charge in [0.2, 0.25) is 0 Å². The van der Waals surface area contributed by atoms with E-state index in [-0.39, 0.29) is 17.9 Å². The van der Waals surface area contributed by atoms with Crippen molar-refractivity contribution in [2.75, 3.05) is 33.7 Å². The lowest BCUT2D eigenvalue weighted by molar-refractivity contribution is 0.0876. The van der Waals surface area contributed by atoms with Crippen LogP contribution in [0.3, 0.4) is 0 Å². The Hall–Kier alpha value is -1.01. The molecule has 4 nitrogen and oxygen atoms in total. The molecule has 0 radical (unpaired) electrons. The van der Waals surface area contributed by atoms with E-state index in [0.29, 0.717) is 5.56 Å². The molecule has 2 rings (SSSR count). The smallest absolute Gasteiger partial charge is 0.126 e. The van der Waals surface area contributed by atoms with Crippen molar-refractivity contribution in [1.82, 2.24) is 15.2 Å². The molecular formula is C14H23FN4. The Balaban J connectivity index is 2.25. The van der Waals surface area contributed by atoms with Crippen LogP contribution in [-0.4, -0.2) is 49.6 Å². The van der Waals surface area contributed by atoms with Crippen molar-refractivity contribution in [3.63, 3.8) is 0 Å². The quantitative estimate of drug-likeness (QED) is 0.630. The van der Waals surface area contributed by atoms with Gasteiger partial charge in [0.1, 0.15) is 5.82 Å². The largest absolute Gasteiger partial charge is 0.303 e. The third-order valence-electron chi connectivity index (χ3n) is 4.02. The molecular weight excluding hydrogens is 243 g/mol. The lowest BCUT2D eigenvalue weighted by Gasteiger charge is -2.41. The molecule has 106 valence electrons. The second-order valence-corrected chi connectivity index (χ2v) is 5.46. The van der Waals surface area contributed by atoms with Crippen LogP contribution in [-0.2, 0) is 0 Å². The van der Waals surface area contributed by atoms with Crippen molar-refractivity contribution in [3.8, 4) is 0 Å². The number of aryl methyl sites for hydroxylation is 1. The van der Waals surface area contributed by atoms with Crippen LogP contribution >= 0.6 is 0 Å². The number of benzene rings is 1. The predicted octanol–water partition coefficient (Wildman–Crippen LogP) is 0.884. The van der Waals surface area contributed by atoms with Crippen LogP contribution in [0.2, 0.25) is 0 Å². The second kappa shape index (κ2) is 5.96.